The van der Waals surface area contributed by atoms with Gasteiger partial charge in [0.05, 0.1) is 37.7 Å². The molecule has 0 amide bonds. The quantitative estimate of drug-likeness (QED) is 0.120. The minimum absolute atomic E-state index is 0.0471. The monoisotopic (exact) mass is 658 g/mol. The lowest BCUT2D eigenvalue weighted by atomic mass is 10.0. The number of imidazole rings is 2. The molecule has 18 nitrogen and oxygen atoms in total. The molecule has 0 saturated carbocycles. The van der Waals surface area contributed by atoms with Crippen LogP contribution in [0.25, 0.3) is 22.3 Å². The molecule has 3 fully saturated rings. The van der Waals surface area contributed by atoms with Gasteiger partial charge in [0.15, 0.2) is 28.9 Å². The lowest BCUT2D eigenvalue weighted by molar-refractivity contribution is -0.183. The van der Waals surface area contributed by atoms with Crippen molar-refractivity contribution in [2.45, 2.75) is 46.9 Å². The van der Waals surface area contributed by atoms with E-state index in [2.05, 4.69) is 29.9 Å². The first-order valence-corrected chi connectivity index (χ1v) is 16.2. The van der Waals surface area contributed by atoms with E-state index in [0.717, 1.165) is 11.8 Å². The van der Waals surface area contributed by atoms with Crippen molar-refractivity contribution in [2.75, 3.05) is 31.3 Å². The van der Waals surface area contributed by atoms with Gasteiger partial charge in [-0.2, -0.15) is 4.98 Å². The van der Waals surface area contributed by atoms with E-state index in [9.17, 15) is 19.9 Å². The maximum Gasteiger partial charge on any atom is 0.325 e. The summed E-state index contributed by atoms with van der Waals surface area (Å²) in [7, 11) is 0. The highest BCUT2D eigenvalue weighted by molar-refractivity contribution is 8.07. The fourth-order valence-corrected chi connectivity index (χ4v) is 8.39. The molecule has 4 aromatic heterocycles. The molecule has 1 unspecified atom stereocenters. The Balaban J connectivity index is 1.11. The minimum atomic E-state index is -4.23. The number of aromatic nitrogens is 8. The number of aliphatic hydroxyl groups excluding tert-OH is 2. The number of thioether (sulfide) groups is 1. The second kappa shape index (κ2) is 10.4. The minimum Gasteiger partial charge on any atom is -0.395 e. The maximum absolute atomic E-state index is 15.5. The van der Waals surface area contributed by atoms with Crippen molar-refractivity contribution in [3.05, 3.63) is 29.3 Å². The fraction of sp³-hybridized carbons (Fsp3) is 0.524. The van der Waals surface area contributed by atoms with Crippen LogP contribution in [0.3, 0.4) is 0 Å². The predicted octanol–water partition coefficient (Wildman–Crippen LogP) is -1.29. The van der Waals surface area contributed by atoms with Crippen molar-refractivity contribution in [3.8, 4) is 0 Å². The van der Waals surface area contributed by atoms with Gasteiger partial charge in [-0.15, -0.1) is 11.8 Å². The van der Waals surface area contributed by atoms with E-state index in [1.165, 1.54) is 28.1 Å². The number of aromatic amines is 1. The molecule has 0 aliphatic carbocycles. The van der Waals surface area contributed by atoms with Gasteiger partial charge >= 0.3 is 6.72 Å². The topological polar surface area (TPSA) is 257 Å². The third kappa shape index (κ3) is 4.62. The maximum atomic E-state index is 15.5. The molecule has 22 heteroatoms. The van der Waals surface area contributed by atoms with E-state index < -0.39 is 72.4 Å². The van der Waals surface area contributed by atoms with Gasteiger partial charge in [0.2, 0.25) is 5.95 Å². The number of hydrogen-bond acceptors (Lipinski definition) is 16. The molecular weight excluding hydrogens is 634 g/mol. The number of ether oxygens (including phenoxy) is 2. The number of hydrogen-bond donors (Lipinski definition) is 6. The number of anilines is 2. The van der Waals surface area contributed by atoms with Crippen LogP contribution in [0.1, 0.15) is 11.6 Å². The number of H-pyrrole nitrogens is 1. The zero-order chi connectivity index (χ0) is 30.3. The Bertz CT molecular complexity index is 1830. The summed E-state index contributed by atoms with van der Waals surface area (Å²) < 4.78 is 41.7. The molecule has 3 saturated heterocycles. The van der Waals surface area contributed by atoms with Gasteiger partial charge < -0.3 is 40.6 Å². The van der Waals surface area contributed by atoms with E-state index in [-0.39, 0.29) is 29.5 Å². The number of fused-ring (bicyclic) bond motifs is 4. The van der Waals surface area contributed by atoms with Crippen LogP contribution >= 0.6 is 18.5 Å². The normalized spacial score (nSPS) is 33.5. The van der Waals surface area contributed by atoms with Crippen molar-refractivity contribution >= 4 is 64.4 Å². The van der Waals surface area contributed by atoms with E-state index in [0.29, 0.717) is 11.2 Å². The summed E-state index contributed by atoms with van der Waals surface area (Å²) in [4.78, 5) is 46.1. The van der Waals surface area contributed by atoms with Gasteiger partial charge in [-0.05, 0) is 11.8 Å². The lowest BCUT2D eigenvalue weighted by Gasteiger charge is -2.32. The van der Waals surface area contributed by atoms with Crippen molar-refractivity contribution in [2.24, 2.45) is 0 Å². The van der Waals surface area contributed by atoms with E-state index >= 15 is 4.39 Å². The zero-order valence-corrected chi connectivity index (χ0v) is 24.2. The summed E-state index contributed by atoms with van der Waals surface area (Å²) in [5, 5.41) is 18.9. The van der Waals surface area contributed by atoms with Crippen LogP contribution in [0, 0.1) is 0 Å². The molecule has 9 atom stereocenters. The van der Waals surface area contributed by atoms with Crippen LogP contribution in [-0.2, 0) is 30.3 Å². The number of rotatable bonds is 8. The number of alkyl halides is 1. The Labute approximate surface area is 248 Å². The molecule has 0 aromatic carbocycles. The number of halogens is 1. The van der Waals surface area contributed by atoms with Crippen LogP contribution in [0.2, 0.25) is 0 Å². The first kappa shape index (κ1) is 28.9. The Morgan fingerprint density at radius 1 is 1.23 bits per heavy atom. The Kier molecular flexibility index (Phi) is 6.96. The molecule has 230 valence electrons. The molecular formula is C21H24FN10O8PS2. The molecule has 0 radical (unpaired) electrons. The highest BCUT2D eigenvalue weighted by atomic mass is 32.5. The molecule has 0 spiro atoms. The highest BCUT2D eigenvalue weighted by Gasteiger charge is 2.62. The van der Waals surface area contributed by atoms with Crippen LogP contribution < -0.4 is 17.0 Å². The van der Waals surface area contributed by atoms with Gasteiger partial charge in [-0.25, -0.2) is 24.3 Å². The fourth-order valence-electron chi connectivity index (χ4n) is 5.48. The zero-order valence-electron chi connectivity index (χ0n) is 21.7. The number of nitrogen functional groups attached to an aromatic ring is 2. The summed E-state index contributed by atoms with van der Waals surface area (Å²) in [6.07, 6.45) is -2.24. The number of nitrogens with two attached hydrogens (primary N) is 2. The molecule has 43 heavy (non-hydrogen) atoms. The van der Waals surface area contributed by atoms with Crippen LogP contribution in [0.4, 0.5) is 16.2 Å². The average molecular weight is 659 g/mol. The summed E-state index contributed by atoms with van der Waals surface area (Å²) >= 11 is 6.22. The van der Waals surface area contributed by atoms with Crippen LogP contribution in [-0.4, -0.2) is 109 Å². The first-order valence-electron chi connectivity index (χ1n) is 12.7. The third-order valence-electron chi connectivity index (χ3n) is 7.56. The van der Waals surface area contributed by atoms with Crippen molar-refractivity contribution < 1.29 is 38.0 Å². The first-order chi connectivity index (χ1) is 20.5. The van der Waals surface area contributed by atoms with Crippen molar-refractivity contribution in [3.63, 3.8) is 0 Å². The molecule has 7 rings (SSSR count). The third-order valence-corrected chi connectivity index (χ3v) is 10.6. The molecule has 3 aliphatic heterocycles. The lowest BCUT2D eigenvalue weighted by Crippen LogP contribution is -2.45. The van der Waals surface area contributed by atoms with Crippen molar-refractivity contribution in [1.82, 2.24) is 39.0 Å². The van der Waals surface area contributed by atoms with E-state index in [1.807, 2.05) is 0 Å². The summed E-state index contributed by atoms with van der Waals surface area (Å²) in [6, 6.07) is 0. The van der Waals surface area contributed by atoms with Gasteiger partial charge in [0.1, 0.15) is 47.3 Å². The van der Waals surface area contributed by atoms with Gasteiger partial charge in [-0.1, -0.05) is 0 Å². The molecule has 4 aromatic rings. The molecule has 8 N–H and O–H groups in total. The highest BCUT2D eigenvalue weighted by Crippen LogP contribution is 2.56. The summed E-state index contributed by atoms with van der Waals surface area (Å²) in [5.74, 6) is -0.0209. The second-order valence-corrected chi connectivity index (χ2v) is 14.3. The van der Waals surface area contributed by atoms with Gasteiger partial charge in [0.25, 0.3) is 5.56 Å². The van der Waals surface area contributed by atoms with Gasteiger partial charge in [-0.3, -0.25) is 23.4 Å². The summed E-state index contributed by atoms with van der Waals surface area (Å²) in [5.41, 5.74) is 10.2. The van der Waals surface area contributed by atoms with Crippen LogP contribution in [0.5, 0.6) is 0 Å². The SMILES string of the molecule is Nc1nc2c(ncn2[C@@H]2S[C@H](CO)[C@H](F)[C@H]2OP(O)(=S)OC[C@@]23CO[C@@H]([C@H](n4cnc5c(N)ncnc54)O2)[C@@H]3O)c(=O)[nH]1. The standard InChI is InChI=1S/C21H24FN10O8PS2/c22-8-7(1-33)43-19(32-6-28-10-16(32)29-20(24)30-17(10)35)11(8)40-41(36,42)38-3-21-2-37-12(13(21)34)18(39-21)31-5-27-9-14(23)25-4-26-15(9)31/h4-8,11-13,18-19,33-34H,1-3H2,(H,36,42)(H2,23,25,26)(H3,24,29,30,35)/t7-,8+,11-,12-,13+,18-,19-,21-,41?/m1/s1. The number of aliphatic hydroxyl groups is 2. The van der Waals surface area contributed by atoms with E-state index in [4.69, 9.17) is 41.8 Å². The Hall–Kier alpha value is -2.85. The molecule has 7 heterocycles. The smallest absolute Gasteiger partial charge is 0.325 e. The average Bonchev–Trinajstić information content (AvgIpc) is 3.77. The summed E-state index contributed by atoms with van der Waals surface area (Å²) in [6.45, 7) is -5.35. The van der Waals surface area contributed by atoms with Crippen LogP contribution in [0.15, 0.2) is 23.8 Å². The van der Waals surface area contributed by atoms with Gasteiger partial charge in [0, 0.05) is 0 Å². The largest absolute Gasteiger partial charge is 0.395 e. The van der Waals surface area contributed by atoms with Crippen molar-refractivity contribution in [1.29, 1.82) is 0 Å². The number of nitrogens with zero attached hydrogens (tertiary/aromatic N) is 7. The second-order valence-electron chi connectivity index (χ2n) is 10.2. The molecule has 2 bridgehead atoms. The molecule has 3 aliphatic rings. The number of nitrogens with one attached hydrogen (secondary N) is 1. The Morgan fingerprint density at radius 2 is 2.00 bits per heavy atom. The Morgan fingerprint density at radius 3 is 2.79 bits per heavy atom. The predicted molar refractivity (Wildman–Crippen MR) is 151 cm³/mol. The van der Waals surface area contributed by atoms with E-state index in [1.54, 1.807) is 0 Å².